The molecule has 2 aromatic rings. The van der Waals surface area contributed by atoms with Gasteiger partial charge in [0.15, 0.2) is 0 Å². The third kappa shape index (κ3) is 3.99. The van der Waals surface area contributed by atoms with Gasteiger partial charge in [-0.3, -0.25) is 4.79 Å². The average Bonchev–Trinajstić information content (AvgIpc) is 3.16. The Morgan fingerprint density at radius 3 is 2.48 bits per heavy atom. The summed E-state index contributed by atoms with van der Waals surface area (Å²) in [6.45, 7) is 2.90. The molecule has 132 valence electrons. The number of benzene rings is 1. The van der Waals surface area contributed by atoms with E-state index < -0.39 is 5.97 Å². The molecule has 1 aromatic carbocycles. The Bertz CT molecular complexity index is 719. The van der Waals surface area contributed by atoms with Gasteiger partial charge in [-0.2, -0.15) is 5.10 Å². The zero-order valence-corrected chi connectivity index (χ0v) is 14.1. The minimum atomic E-state index is -0.773. The van der Waals surface area contributed by atoms with Crippen molar-refractivity contribution in [3.63, 3.8) is 0 Å². The first-order valence-electron chi connectivity index (χ1n) is 8.43. The van der Waals surface area contributed by atoms with Crippen LogP contribution in [0.5, 0.6) is 0 Å². The number of amides is 2. The van der Waals surface area contributed by atoms with Crippen molar-refractivity contribution in [2.75, 3.05) is 13.1 Å². The molecule has 2 N–H and O–H groups in total. The lowest BCUT2D eigenvalue weighted by Crippen LogP contribution is -2.46. The Kier molecular flexibility index (Phi) is 5.02. The van der Waals surface area contributed by atoms with E-state index in [-0.39, 0.29) is 18.0 Å². The van der Waals surface area contributed by atoms with Crippen LogP contribution in [-0.4, -0.2) is 44.9 Å². The number of urea groups is 1. The van der Waals surface area contributed by atoms with Crippen molar-refractivity contribution < 1.29 is 14.7 Å². The first-order valence-corrected chi connectivity index (χ1v) is 8.43. The molecule has 0 aliphatic carbocycles. The highest BCUT2D eigenvalue weighted by Gasteiger charge is 2.27. The van der Waals surface area contributed by atoms with Crippen LogP contribution in [0, 0.1) is 5.92 Å². The number of piperidine rings is 1. The lowest BCUT2D eigenvalue weighted by Gasteiger charge is -2.31. The number of aliphatic carboxylic acids is 1. The molecule has 2 amide bonds. The molecule has 7 nitrogen and oxygen atoms in total. The number of carbonyl (C=O) groups is 2. The van der Waals surface area contributed by atoms with Crippen LogP contribution in [0.2, 0.25) is 0 Å². The zero-order chi connectivity index (χ0) is 17.8. The van der Waals surface area contributed by atoms with Gasteiger partial charge in [0.2, 0.25) is 0 Å². The lowest BCUT2D eigenvalue weighted by molar-refractivity contribution is -0.143. The second-order valence-corrected chi connectivity index (χ2v) is 6.31. The normalized spacial score (nSPS) is 16.4. The molecule has 3 rings (SSSR count). The number of nitrogens with one attached hydrogen (secondary N) is 1. The minimum absolute atomic E-state index is 0.128. The molecule has 25 heavy (non-hydrogen) atoms. The zero-order valence-electron chi connectivity index (χ0n) is 14.1. The van der Waals surface area contributed by atoms with Crippen molar-refractivity contribution in [3.05, 3.63) is 48.3 Å². The van der Waals surface area contributed by atoms with Crippen molar-refractivity contribution in [1.82, 2.24) is 20.0 Å². The van der Waals surface area contributed by atoms with Crippen molar-refractivity contribution in [2.45, 2.75) is 25.8 Å². The van der Waals surface area contributed by atoms with E-state index in [9.17, 15) is 9.59 Å². The van der Waals surface area contributed by atoms with Crippen LogP contribution < -0.4 is 5.32 Å². The third-order valence-electron chi connectivity index (χ3n) is 4.63. The van der Waals surface area contributed by atoms with E-state index in [1.165, 1.54) is 0 Å². The summed E-state index contributed by atoms with van der Waals surface area (Å²) in [5.41, 5.74) is 1.97. The number of carboxylic acids is 1. The summed E-state index contributed by atoms with van der Waals surface area (Å²) in [6.07, 6.45) is 4.62. The van der Waals surface area contributed by atoms with E-state index in [1.807, 2.05) is 43.5 Å². The Hall–Kier alpha value is -2.83. The molecule has 0 spiro atoms. The third-order valence-corrected chi connectivity index (χ3v) is 4.63. The number of hydrogen-bond donors (Lipinski definition) is 2. The second-order valence-electron chi connectivity index (χ2n) is 6.31. The Morgan fingerprint density at radius 2 is 1.92 bits per heavy atom. The second kappa shape index (κ2) is 7.38. The van der Waals surface area contributed by atoms with Gasteiger partial charge in [0, 0.05) is 25.5 Å². The standard InChI is InChI=1S/C18H22N4O3/c1-13(14-3-5-16(6-4-14)22-10-2-9-19-22)20-18(25)21-11-7-15(8-12-21)17(23)24/h2-6,9-10,13,15H,7-8,11-12H2,1H3,(H,20,25)(H,23,24). The van der Waals surface area contributed by atoms with Crippen LogP contribution in [0.15, 0.2) is 42.7 Å². The van der Waals surface area contributed by atoms with Crippen LogP contribution in [0.25, 0.3) is 5.69 Å². The summed E-state index contributed by atoms with van der Waals surface area (Å²) in [5, 5.41) is 16.2. The van der Waals surface area contributed by atoms with Crippen molar-refractivity contribution in [3.8, 4) is 5.69 Å². The van der Waals surface area contributed by atoms with Gasteiger partial charge in [0.1, 0.15) is 0 Å². The van der Waals surface area contributed by atoms with Gasteiger partial charge in [0.05, 0.1) is 17.6 Å². The van der Waals surface area contributed by atoms with E-state index in [0.29, 0.717) is 25.9 Å². The molecule has 1 unspecified atom stereocenters. The fourth-order valence-corrected chi connectivity index (χ4v) is 3.03. The summed E-state index contributed by atoms with van der Waals surface area (Å²) in [5.74, 6) is -1.11. The maximum absolute atomic E-state index is 12.4. The van der Waals surface area contributed by atoms with Crippen molar-refractivity contribution in [2.24, 2.45) is 5.92 Å². The molecule has 7 heteroatoms. The van der Waals surface area contributed by atoms with E-state index in [4.69, 9.17) is 5.11 Å². The lowest BCUT2D eigenvalue weighted by atomic mass is 9.97. The van der Waals surface area contributed by atoms with Gasteiger partial charge in [-0.25, -0.2) is 9.48 Å². The highest BCUT2D eigenvalue weighted by Crippen LogP contribution is 2.19. The minimum Gasteiger partial charge on any atom is -0.481 e. The predicted molar refractivity (Wildman–Crippen MR) is 92.4 cm³/mol. The largest absolute Gasteiger partial charge is 0.481 e. The molecule has 0 saturated carbocycles. The van der Waals surface area contributed by atoms with Crippen molar-refractivity contribution in [1.29, 1.82) is 0 Å². The van der Waals surface area contributed by atoms with Gasteiger partial charge < -0.3 is 15.3 Å². The van der Waals surface area contributed by atoms with Crippen LogP contribution in [0.1, 0.15) is 31.4 Å². The SMILES string of the molecule is CC(NC(=O)N1CCC(C(=O)O)CC1)c1ccc(-n2cccn2)cc1. The predicted octanol–water partition coefficient (Wildman–Crippen LogP) is 2.44. The van der Waals surface area contributed by atoms with Crippen molar-refractivity contribution >= 4 is 12.0 Å². The van der Waals surface area contributed by atoms with Gasteiger partial charge in [-0.1, -0.05) is 12.1 Å². The topological polar surface area (TPSA) is 87.5 Å². The van der Waals surface area contributed by atoms with Gasteiger partial charge in [0.25, 0.3) is 0 Å². The Labute approximate surface area is 146 Å². The summed E-state index contributed by atoms with van der Waals surface area (Å²) in [7, 11) is 0. The molecule has 1 atom stereocenters. The first-order chi connectivity index (χ1) is 12.0. The van der Waals surface area contributed by atoms with Gasteiger partial charge in [-0.05, 0) is 43.5 Å². The molecule has 2 heterocycles. The molecule has 1 fully saturated rings. The molecule has 1 aliphatic heterocycles. The Balaban J connectivity index is 1.56. The first kappa shape index (κ1) is 17.0. The molecule has 1 aromatic heterocycles. The highest BCUT2D eigenvalue weighted by molar-refractivity contribution is 5.75. The molecular formula is C18H22N4O3. The fourth-order valence-electron chi connectivity index (χ4n) is 3.03. The average molecular weight is 342 g/mol. The van der Waals surface area contributed by atoms with Gasteiger partial charge >= 0.3 is 12.0 Å². The van der Waals surface area contributed by atoms with Gasteiger partial charge in [-0.15, -0.1) is 0 Å². The summed E-state index contributed by atoms with van der Waals surface area (Å²) in [4.78, 5) is 25.0. The summed E-state index contributed by atoms with van der Waals surface area (Å²) in [6, 6.07) is 9.46. The number of likely N-dealkylation sites (tertiary alicyclic amines) is 1. The molecule has 0 radical (unpaired) electrons. The number of hydrogen-bond acceptors (Lipinski definition) is 3. The number of rotatable bonds is 4. The maximum Gasteiger partial charge on any atom is 0.317 e. The molecule has 1 aliphatic rings. The van der Waals surface area contributed by atoms with E-state index in [0.717, 1.165) is 11.3 Å². The van der Waals surface area contributed by atoms with Crippen LogP contribution in [0.4, 0.5) is 4.79 Å². The number of carbonyl (C=O) groups excluding carboxylic acids is 1. The maximum atomic E-state index is 12.4. The van der Waals surface area contributed by atoms with Crippen LogP contribution >= 0.6 is 0 Å². The van der Waals surface area contributed by atoms with E-state index >= 15 is 0 Å². The molecular weight excluding hydrogens is 320 g/mol. The molecule has 1 saturated heterocycles. The number of nitrogens with zero attached hydrogens (tertiary/aromatic N) is 3. The quantitative estimate of drug-likeness (QED) is 0.893. The molecule has 0 bridgehead atoms. The van der Waals surface area contributed by atoms with E-state index in [1.54, 1.807) is 15.8 Å². The number of aromatic nitrogens is 2. The highest BCUT2D eigenvalue weighted by atomic mass is 16.4. The smallest absolute Gasteiger partial charge is 0.317 e. The summed E-state index contributed by atoms with van der Waals surface area (Å²) < 4.78 is 1.78. The Morgan fingerprint density at radius 1 is 1.24 bits per heavy atom. The monoisotopic (exact) mass is 342 g/mol. The van der Waals surface area contributed by atoms with E-state index in [2.05, 4.69) is 10.4 Å². The van der Waals surface area contributed by atoms with Crippen LogP contribution in [-0.2, 0) is 4.79 Å². The summed E-state index contributed by atoms with van der Waals surface area (Å²) >= 11 is 0. The number of carboxylic acid groups (broad SMARTS) is 1. The fraction of sp³-hybridized carbons (Fsp3) is 0.389. The van der Waals surface area contributed by atoms with Crippen LogP contribution in [0.3, 0.4) is 0 Å².